The van der Waals surface area contributed by atoms with Gasteiger partial charge in [-0.15, -0.1) is 0 Å². The highest BCUT2D eigenvalue weighted by molar-refractivity contribution is 5.57. The van der Waals surface area contributed by atoms with Crippen LogP contribution in [0.15, 0.2) is 18.3 Å². The molecule has 4 fully saturated rings. The van der Waals surface area contributed by atoms with Gasteiger partial charge in [0.05, 0.1) is 6.61 Å². The zero-order valence-corrected chi connectivity index (χ0v) is 15.8. The maximum absolute atomic E-state index is 9.58. The summed E-state index contributed by atoms with van der Waals surface area (Å²) >= 11 is 0. The zero-order chi connectivity index (χ0) is 18.3. The second kappa shape index (κ2) is 6.54. The SMILES string of the molecule is CC.CN(c1cc(C2CC2)[nH]n1)c1ccnc(N2CC3(CO)CC2C3)n1. The fourth-order valence-electron chi connectivity index (χ4n) is 4.08. The number of aromatic nitrogens is 4. The fraction of sp³-hybridized carbons (Fsp3) is 0.632. The van der Waals surface area contributed by atoms with Crippen LogP contribution in [0, 0.1) is 5.41 Å². The van der Waals surface area contributed by atoms with Crippen molar-refractivity contribution in [1.82, 2.24) is 20.2 Å². The van der Waals surface area contributed by atoms with Gasteiger partial charge in [0.25, 0.3) is 0 Å². The Kier molecular flexibility index (Phi) is 4.34. The Hall–Kier alpha value is -2.15. The van der Waals surface area contributed by atoms with Gasteiger partial charge in [-0.2, -0.15) is 10.1 Å². The van der Waals surface area contributed by atoms with Crippen LogP contribution in [0.1, 0.15) is 51.1 Å². The van der Waals surface area contributed by atoms with E-state index in [1.54, 1.807) is 0 Å². The summed E-state index contributed by atoms with van der Waals surface area (Å²) in [7, 11) is 1.98. The molecule has 140 valence electrons. The first kappa shape index (κ1) is 17.3. The number of aromatic amines is 1. The van der Waals surface area contributed by atoms with Crippen LogP contribution < -0.4 is 9.80 Å². The van der Waals surface area contributed by atoms with E-state index in [1.165, 1.54) is 18.5 Å². The van der Waals surface area contributed by atoms with Gasteiger partial charge in [-0.1, -0.05) is 13.8 Å². The largest absolute Gasteiger partial charge is 0.396 e. The lowest BCUT2D eigenvalue weighted by molar-refractivity contribution is 0.0873. The van der Waals surface area contributed by atoms with Gasteiger partial charge in [0.1, 0.15) is 5.82 Å². The minimum atomic E-state index is 0.0806. The summed E-state index contributed by atoms with van der Waals surface area (Å²) < 4.78 is 0. The average Bonchev–Trinajstić information content (AvgIpc) is 3.13. The quantitative estimate of drug-likeness (QED) is 0.857. The van der Waals surface area contributed by atoms with Gasteiger partial charge in [0, 0.05) is 48.9 Å². The van der Waals surface area contributed by atoms with Gasteiger partial charge in [-0.25, -0.2) is 4.98 Å². The third-order valence-corrected chi connectivity index (χ3v) is 5.79. The number of hydrogen-bond acceptors (Lipinski definition) is 6. The summed E-state index contributed by atoms with van der Waals surface area (Å²) in [4.78, 5) is 13.4. The second-order valence-electron chi connectivity index (χ2n) is 7.58. The predicted molar refractivity (Wildman–Crippen MR) is 102 cm³/mol. The molecule has 2 bridgehead atoms. The zero-order valence-electron chi connectivity index (χ0n) is 15.8. The molecule has 2 aliphatic heterocycles. The monoisotopic (exact) mass is 356 g/mol. The van der Waals surface area contributed by atoms with Crippen LogP contribution in [-0.4, -0.2) is 51.5 Å². The van der Waals surface area contributed by atoms with Crippen molar-refractivity contribution in [3.63, 3.8) is 0 Å². The first-order chi connectivity index (χ1) is 12.7. The van der Waals surface area contributed by atoms with Crippen molar-refractivity contribution in [2.75, 3.05) is 30.0 Å². The van der Waals surface area contributed by atoms with Crippen LogP contribution in [0.2, 0.25) is 0 Å². The molecule has 2 aromatic heterocycles. The standard InChI is InChI=1S/C17H22N6O.C2H6/c1-22(15-6-13(20-21-15)11-2-3-11)14-4-5-18-16(19-14)23-9-17(10-24)7-12(23)8-17;1-2/h4-6,11-12,24H,2-3,7-10H2,1H3,(H,20,21);1-2H3. The van der Waals surface area contributed by atoms with Gasteiger partial charge in [0.15, 0.2) is 5.82 Å². The van der Waals surface area contributed by atoms with E-state index in [9.17, 15) is 5.11 Å². The van der Waals surface area contributed by atoms with E-state index in [0.717, 1.165) is 37.0 Å². The maximum atomic E-state index is 9.58. The van der Waals surface area contributed by atoms with Gasteiger partial charge >= 0.3 is 0 Å². The van der Waals surface area contributed by atoms with E-state index in [-0.39, 0.29) is 12.0 Å². The minimum absolute atomic E-state index is 0.0806. The number of fused-ring (bicyclic) bond motifs is 1. The number of nitrogens with zero attached hydrogens (tertiary/aromatic N) is 5. The van der Waals surface area contributed by atoms with E-state index in [0.29, 0.717) is 12.0 Å². The van der Waals surface area contributed by atoms with Gasteiger partial charge in [0.2, 0.25) is 5.95 Å². The molecule has 7 heteroatoms. The highest BCUT2D eigenvalue weighted by atomic mass is 16.3. The number of aliphatic hydroxyl groups excluding tert-OH is 1. The average molecular weight is 356 g/mol. The van der Waals surface area contributed by atoms with Crippen LogP contribution in [0.4, 0.5) is 17.6 Å². The fourth-order valence-corrected chi connectivity index (χ4v) is 4.08. The Morgan fingerprint density at radius 3 is 2.73 bits per heavy atom. The van der Waals surface area contributed by atoms with E-state index in [2.05, 4.69) is 26.1 Å². The Morgan fingerprint density at radius 1 is 1.31 bits per heavy atom. The van der Waals surface area contributed by atoms with Crippen LogP contribution >= 0.6 is 0 Å². The van der Waals surface area contributed by atoms with Crippen LogP contribution in [-0.2, 0) is 0 Å². The maximum Gasteiger partial charge on any atom is 0.227 e. The van der Waals surface area contributed by atoms with E-state index in [4.69, 9.17) is 4.98 Å². The van der Waals surface area contributed by atoms with Gasteiger partial charge in [-0.3, -0.25) is 5.10 Å². The molecule has 2 saturated carbocycles. The molecule has 2 aliphatic carbocycles. The van der Waals surface area contributed by atoms with Crippen LogP contribution in [0.3, 0.4) is 0 Å². The smallest absolute Gasteiger partial charge is 0.227 e. The molecule has 2 saturated heterocycles. The molecule has 7 nitrogen and oxygen atoms in total. The molecule has 4 heterocycles. The van der Waals surface area contributed by atoms with Crippen molar-refractivity contribution in [3.8, 4) is 0 Å². The van der Waals surface area contributed by atoms with Crippen LogP contribution in [0.25, 0.3) is 0 Å². The summed E-state index contributed by atoms with van der Waals surface area (Å²) in [5, 5.41) is 17.1. The molecule has 2 N–H and O–H groups in total. The highest BCUT2D eigenvalue weighted by Gasteiger charge is 2.55. The molecular weight excluding hydrogens is 328 g/mol. The number of nitrogens with one attached hydrogen (secondary N) is 1. The molecule has 4 aliphatic rings. The van der Waals surface area contributed by atoms with Crippen molar-refractivity contribution in [3.05, 3.63) is 24.0 Å². The van der Waals surface area contributed by atoms with Crippen molar-refractivity contribution < 1.29 is 5.11 Å². The van der Waals surface area contributed by atoms with Crippen LogP contribution in [0.5, 0.6) is 0 Å². The highest BCUT2D eigenvalue weighted by Crippen LogP contribution is 2.52. The molecule has 0 atom stereocenters. The molecule has 26 heavy (non-hydrogen) atoms. The summed E-state index contributed by atoms with van der Waals surface area (Å²) in [6.45, 7) is 5.12. The second-order valence-corrected chi connectivity index (χ2v) is 7.58. The molecule has 0 unspecified atom stereocenters. The lowest BCUT2D eigenvalue weighted by atomic mass is 9.71. The normalized spacial score (nSPS) is 26.2. The number of H-pyrrole nitrogens is 1. The number of hydrogen-bond donors (Lipinski definition) is 2. The number of anilines is 3. The van der Waals surface area contributed by atoms with Crippen molar-refractivity contribution in [2.24, 2.45) is 5.41 Å². The Morgan fingerprint density at radius 2 is 2.08 bits per heavy atom. The third kappa shape index (κ3) is 2.84. The predicted octanol–water partition coefficient (Wildman–Crippen LogP) is 2.83. The molecule has 0 spiro atoms. The number of aliphatic hydroxyl groups is 1. The lowest BCUT2D eigenvalue weighted by Gasteiger charge is -2.34. The Labute approximate surface area is 154 Å². The molecule has 0 amide bonds. The third-order valence-electron chi connectivity index (χ3n) is 5.79. The summed E-state index contributed by atoms with van der Waals surface area (Å²) in [6, 6.07) is 4.51. The van der Waals surface area contributed by atoms with Gasteiger partial charge < -0.3 is 14.9 Å². The first-order valence-electron chi connectivity index (χ1n) is 9.67. The lowest BCUT2D eigenvalue weighted by Crippen LogP contribution is -2.37. The van der Waals surface area contributed by atoms with Crippen molar-refractivity contribution in [2.45, 2.75) is 51.5 Å². The van der Waals surface area contributed by atoms with Crippen molar-refractivity contribution >= 4 is 17.6 Å². The summed E-state index contributed by atoms with van der Waals surface area (Å²) in [5.41, 5.74) is 1.30. The van der Waals surface area contributed by atoms with Crippen molar-refractivity contribution in [1.29, 1.82) is 0 Å². The number of rotatable bonds is 5. The summed E-state index contributed by atoms with van der Waals surface area (Å²) in [6.07, 6.45) is 6.43. The van der Waals surface area contributed by atoms with E-state index in [1.807, 2.05) is 38.1 Å². The summed E-state index contributed by atoms with van der Waals surface area (Å²) in [5.74, 6) is 3.15. The minimum Gasteiger partial charge on any atom is -0.396 e. The molecule has 6 rings (SSSR count). The Bertz CT molecular complexity index is 765. The molecular formula is C19H28N6O. The topological polar surface area (TPSA) is 81.2 Å². The van der Waals surface area contributed by atoms with E-state index < -0.39 is 0 Å². The molecule has 0 radical (unpaired) electrons. The molecule has 2 aromatic rings. The molecule has 0 aromatic carbocycles. The van der Waals surface area contributed by atoms with E-state index >= 15 is 0 Å². The van der Waals surface area contributed by atoms with Gasteiger partial charge in [-0.05, 0) is 31.7 Å². The first-order valence-corrected chi connectivity index (χ1v) is 9.67. The Balaban J connectivity index is 0.000000814.